The number of alkyl carbamates (subject to hydrolysis) is 1. The van der Waals surface area contributed by atoms with Crippen LogP contribution in [0.1, 0.15) is 56.8 Å². The molecule has 1 aliphatic heterocycles. The molecule has 0 atom stereocenters. The third kappa shape index (κ3) is 4.28. The SMILES string of the molecule is CC(C)(C)OC(=O)NC1CC2(C1)CC(NC(=O)c1cnc3c(c1)NC(=O)CO3)C2. The average molecular weight is 402 g/mol. The van der Waals surface area contributed by atoms with Gasteiger partial charge in [-0.3, -0.25) is 9.59 Å². The van der Waals surface area contributed by atoms with Crippen molar-refractivity contribution in [2.45, 2.75) is 64.1 Å². The molecule has 1 aromatic heterocycles. The number of nitrogens with zero attached hydrogens (tertiary/aromatic N) is 1. The van der Waals surface area contributed by atoms with Crippen LogP contribution in [0.15, 0.2) is 12.3 Å². The largest absolute Gasteiger partial charge is 0.466 e. The number of hydrogen-bond donors (Lipinski definition) is 3. The highest BCUT2D eigenvalue weighted by Gasteiger charge is 2.53. The molecular formula is C20H26N4O5. The second-order valence-corrected chi connectivity index (χ2v) is 9.24. The number of ether oxygens (including phenoxy) is 2. The summed E-state index contributed by atoms with van der Waals surface area (Å²) < 4.78 is 10.5. The predicted octanol–water partition coefficient (Wildman–Crippen LogP) is 1.98. The van der Waals surface area contributed by atoms with E-state index in [1.165, 1.54) is 6.20 Å². The summed E-state index contributed by atoms with van der Waals surface area (Å²) in [5.74, 6) is -0.165. The lowest BCUT2D eigenvalue weighted by Crippen LogP contribution is -2.61. The van der Waals surface area contributed by atoms with Gasteiger partial charge < -0.3 is 25.4 Å². The Morgan fingerprint density at radius 3 is 2.52 bits per heavy atom. The zero-order valence-corrected chi connectivity index (χ0v) is 16.8. The topological polar surface area (TPSA) is 119 Å². The number of rotatable bonds is 3. The van der Waals surface area contributed by atoms with E-state index in [2.05, 4.69) is 20.9 Å². The van der Waals surface area contributed by atoms with Gasteiger partial charge >= 0.3 is 6.09 Å². The van der Waals surface area contributed by atoms with E-state index in [1.807, 2.05) is 20.8 Å². The van der Waals surface area contributed by atoms with Gasteiger partial charge in [0.2, 0.25) is 5.88 Å². The van der Waals surface area contributed by atoms with Gasteiger partial charge in [-0.2, -0.15) is 0 Å². The summed E-state index contributed by atoms with van der Waals surface area (Å²) in [7, 11) is 0. The van der Waals surface area contributed by atoms with Gasteiger partial charge in [-0.05, 0) is 57.9 Å². The molecule has 1 spiro atoms. The first kappa shape index (κ1) is 19.5. The van der Waals surface area contributed by atoms with Gasteiger partial charge in [0.05, 0.1) is 5.56 Å². The minimum Gasteiger partial charge on any atom is -0.466 e. The maximum atomic E-state index is 12.5. The van der Waals surface area contributed by atoms with Crippen LogP contribution in [0.3, 0.4) is 0 Å². The van der Waals surface area contributed by atoms with Crippen LogP contribution in [0, 0.1) is 5.41 Å². The Hall–Kier alpha value is -2.84. The second-order valence-electron chi connectivity index (χ2n) is 9.24. The van der Waals surface area contributed by atoms with Crippen LogP contribution in [0.5, 0.6) is 5.88 Å². The van der Waals surface area contributed by atoms with Crippen molar-refractivity contribution in [2.24, 2.45) is 5.41 Å². The highest BCUT2D eigenvalue weighted by atomic mass is 16.6. The van der Waals surface area contributed by atoms with Gasteiger partial charge in [0, 0.05) is 18.3 Å². The Kier molecular flexibility index (Phi) is 4.63. The van der Waals surface area contributed by atoms with Crippen molar-refractivity contribution in [3.05, 3.63) is 17.8 Å². The van der Waals surface area contributed by atoms with E-state index in [4.69, 9.17) is 9.47 Å². The number of aromatic nitrogens is 1. The monoisotopic (exact) mass is 402 g/mol. The molecule has 0 aromatic carbocycles. The molecule has 3 aliphatic rings. The lowest BCUT2D eigenvalue weighted by molar-refractivity contribution is -0.118. The molecule has 2 heterocycles. The summed E-state index contributed by atoms with van der Waals surface area (Å²) in [5.41, 5.74) is 0.494. The number of anilines is 1. The molecule has 9 nitrogen and oxygen atoms in total. The molecule has 0 saturated heterocycles. The first-order chi connectivity index (χ1) is 13.6. The van der Waals surface area contributed by atoms with E-state index in [-0.39, 0.29) is 42.0 Å². The molecule has 0 bridgehead atoms. The van der Waals surface area contributed by atoms with E-state index < -0.39 is 5.60 Å². The number of carbonyl (C=O) groups is 3. The smallest absolute Gasteiger partial charge is 0.407 e. The minimum atomic E-state index is -0.502. The summed E-state index contributed by atoms with van der Waals surface area (Å²) >= 11 is 0. The highest BCUT2D eigenvalue weighted by molar-refractivity contribution is 5.99. The fourth-order valence-corrected chi connectivity index (χ4v) is 4.35. The molecule has 0 radical (unpaired) electrons. The Labute approximate surface area is 168 Å². The van der Waals surface area contributed by atoms with Crippen LogP contribution in [-0.4, -0.2) is 47.2 Å². The molecule has 0 unspecified atom stereocenters. The van der Waals surface area contributed by atoms with Gasteiger partial charge in [0.1, 0.15) is 11.3 Å². The summed E-state index contributed by atoms with van der Waals surface area (Å²) in [6.07, 6.45) is 4.67. The second kappa shape index (κ2) is 6.89. The molecule has 2 saturated carbocycles. The molecule has 2 aliphatic carbocycles. The minimum absolute atomic E-state index is 0.0700. The zero-order valence-electron chi connectivity index (χ0n) is 16.8. The van der Waals surface area contributed by atoms with Crippen molar-refractivity contribution in [3.8, 4) is 5.88 Å². The molecule has 2 fully saturated rings. The Balaban J connectivity index is 1.23. The van der Waals surface area contributed by atoms with E-state index in [0.29, 0.717) is 17.1 Å². The van der Waals surface area contributed by atoms with Gasteiger partial charge in [-0.15, -0.1) is 0 Å². The van der Waals surface area contributed by atoms with Crippen molar-refractivity contribution in [1.82, 2.24) is 15.6 Å². The van der Waals surface area contributed by atoms with Crippen LogP contribution in [0.4, 0.5) is 10.5 Å². The van der Waals surface area contributed by atoms with Crippen LogP contribution < -0.4 is 20.7 Å². The fraction of sp³-hybridized carbons (Fsp3) is 0.600. The maximum Gasteiger partial charge on any atom is 0.407 e. The highest BCUT2D eigenvalue weighted by Crippen LogP contribution is 2.56. The zero-order chi connectivity index (χ0) is 20.8. The Bertz CT molecular complexity index is 849. The lowest BCUT2D eigenvalue weighted by atomic mass is 9.52. The molecule has 4 rings (SSSR count). The summed E-state index contributed by atoms with van der Waals surface area (Å²) in [4.78, 5) is 39.8. The van der Waals surface area contributed by atoms with Crippen LogP contribution in [0.25, 0.3) is 0 Å². The summed E-state index contributed by atoms with van der Waals surface area (Å²) in [6, 6.07) is 1.81. The normalized spacial score (nSPS) is 27.5. The van der Waals surface area contributed by atoms with Crippen molar-refractivity contribution >= 4 is 23.6 Å². The lowest BCUT2D eigenvalue weighted by Gasteiger charge is -2.57. The fourth-order valence-electron chi connectivity index (χ4n) is 4.35. The molecule has 3 N–H and O–H groups in total. The number of hydrogen-bond acceptors (Lipinski definition) is 6. The molecular weight excluding hydrogens is 376 g/mol. The molecule has 9 heteroatoms. The Morgan fingerprint density at radius 2 is 1.86 bits per heavy atom. The maximum absolute atomic E-state index is 12.5. The van der Waals surface area contributed by atoms with Crippen molar-refractivity contribution in [2.75, 3.05) is 11.9 Å². The molecule has 29 heavy (non-hydrogen) atoms. The summed E-state index contributed by atoms with van der Waals surface area (Å²) in [6.45, 7) is 5.45. The van der Waals surface area contributed by atoms with Crippen LogP contribution >= 0.6 is 0 Å². The first-order valence-corrected chi connectivity index (χ1v) is 9.84. The van der Waals surface area contributed by atoms with E-state index in [1.54, 1.807) is 6.07 Å². The van der Waals surface area contributed by atoms with Crippen LogP contribution in [0.2, 0.25) is 0 Å². The van der Waals surface area contributed by atoms with Gasteiger partial charge in [-0.25, -0.2) is 9.78 Å². The standard InChI is InChI=1S/C20H26N4O5/c1-19(2,3)29-18(27)23-13-7-20(8-13)5-12(6-20)22-16(26)11-4-14-17(21-9-11)28-10-15(25)24-14/h4,9,12-13H,5-8,10H2,1-3H3,(H,22,26)(H,23,27)(H,24,25). The van der Waals surface area contributed by atoms with Gasteiger partial charge in [0.15, 0.2) is 6.61 Å². The van der Waals surface area contributed by atoms with E-state index in [9.17, 15) is 14.4 Å². The van der Waals surface area contributed by atoms with E-state index >= 15 is 0 Å². The average Bonchev–Trinajstić information content (AvgIpc) is 2.55. The van der Waals surface area contributed by atoms with Crippen molar-refractivity contribution in [3.63, 3.8) is 0 Å². The summed E-state index contributed by atoms with van der Waals surface area (Å²) in [5, 5.41) is 8.57. The first-order valence-electron chi connectivity index (χ1n) is 9.84. The van der Waals surface area contributed by atoms with Gasteiger partial charge in [-0.1, -0.05) is 0 Å². The molecule has 3 amide bonds. The quantitative estimate of drug-likeness (QED) is 0.711. The number of amides is 3. The number of pyridine rings is 1. The number of carbonyl (C=O) groups excluding carboxylic acids is 3. The van der Waals surface area contributed by atoms with E-state index in [0.717, 1.165) is 25.7 Å². The van der Waals surface area contributed by atoms with Crippen molar-refractivity contribution < 1.29 is 23.9 Å². The molecule has 156 valence electrons. The number of nitrogens with one attached hydrogen (secondary N) is 3. The third-order valence-corrected chi connectivity index (χ3v) is 5.50. The third-order valence-electron chi connectivity index (χ3n) is 5.50. The van der Waals surface area contributed by atoms with Crippen molar-refractivity contribution in [1.29, 1.82) is 0 Å². The van der Waals surface area contributed by atoms with Gasteiger partial charge in [0.25, 0.3) is 11.8 Å². The van der Waals surface area contributed by atoms with Crippen LogP contribution in [-0.2, 0) is 9.53 Å². The number of fused-ring (bicyclic) bond motifs is 1. The Morgan fingerprint density at radius 1 is 1.21 bits per heavy atom. The predicted molar refractivity (Wildman–Crippen MR) is 104 cm³/mol. The molecule has 1 aromatic rings.